The second-order valence-electron chi connectivity index (χ2n) is 7.74. The lowest BCUT2D eigenvalue weighted by Gasteiger charge is -2.29. The first-order valence-electron chi connectivity index (χ1n) is 10.00. The number of nitrogens with zero attached hydrogens (tertiary/aromatic N) is 1. The summed E-state index contributed by atoms with van der Waals surface area (Å²) in [6, 6.07) is 11.1. The number of fused-ring (bicyclic) bond motifs is 2. The van der Waals surface area contributed by atoms with E-state index in [1.807, 2.05) is 0 Å². The van der Waals surface area contributed by atoms with Crippen LogP contribution in [0.15, 0.2) is 60.9 Å². The maximum atomic E-state index is 16.0. The summed E-state index contributed by atoms with van der Waals surface area (Å²) in [6.45, 7) is 0. The smallest absolute Gasteiger partial charge is 0.416 e. The molecule has 0 saturated carbocycles. The quantitative estimate of drug-likeness (QED) is 0.228. The molecule has 5 rings (SSSR count). The van der Waals surface area contributed by atoms with E-state index in [-0.39, 0.29) is 33.8 Å². The Morgan fingerprint density at radius 3 is 2.41 bits per heavy atom. The van der Waals surface area contributed by atoms with Crippen molar-refractivity contribution in [1.82, 2.24) is 9.97 Å². The van der Waals surface area contributed by atoms with Crippen LogP contribution < -0.4 is 16.0 Å². The van der Waals surface area contributed by atoms with Crippen molar-refractivity contribution in [3.63, 3.8) is 0 Å². The van der Waals surface area contributed by atoms with Gasteiger partial charge < -0.3 is 15.5 Å². The average molecular weight is 470 g/mol. The number of hydrogen-bond acceptors (Lipinski definition) is 4. The van der Waals surface area contributed by atoms with E-state index in [2.05, 4.69) is 9.97 Å². The molecule has 0 aliphatic carbocycles. The maximum Gasteiger partial charge on any atom is 0.416 e. The molecule has 2 heterocycles. The van der Waals surface area contributed by atoms with E-state index in [0.29, 0.717) is 11.3 Å². The van der Waals surface area contributed by atoms with Gasteiger partial charge in [0.1, 0.15) is 22.9 Å². The number of nitrogen functional groups attached to an aromatic ring is 1. The normalized spacial score (nSPS) is 14.8. The number of ether oxygens (including phenoxy) is 1. The average Bonchev–Trinajstić information content (AvgIpc) is 2.77. The minimum Gasteiger partial charge on any atom is -0.438 e. The molecule has 0 fully saturated rings. The van der Waals surface area contributed by atoms with E-state index in [9.17, 15) is 13.2 Å². The highest BCUT2D eigenvalue weighted by molar-refractivity contribution is 5.71. The molecule has 34 heavy (non-hydrogen) atoms. The number of rotatable bonds is 2. The number of alkyl halides is 3. The predicted molar refractivity (Wildman–Crippen MR) is 113 cm³/mol. The number of aromatic amines is 1. The molecule has 10 heteroatoms. The predicted octanol–water partition coefficient (Wildman–Crippen LogP) is 5.72. The van der Waals surface area contributed by atoms with Crippen LogP contribution >= 0.6 is 0 Å². The molecule has 0 spiro atoms. The zero-order chi connectivity index (χ0) is 24.2. The van der Waals surface area contributed by atoms with E-state index < -0.39 is 34.9 Å². The standard InChI is InChI=1S/C24H15F5N4O/c25-15-9-16-19(21(26)17(15)11-4-6-13(7-5-11)24(27,28)29)18(12-2-1-3-14(30)8-12)20-22(31)32-10-33-23(20)34-16/h1-10,18H,30H2,(H2,31,32,33). The Morgan fingerprint density at radius 2 is 1.74 bits per heavy atom. The van der Waals surface area contributed by atoms with Crippen LogP contribution in [0.2, 0.25) is 0 Å². The van der Waals surface area contributed by atoms with Crippen molar-refractivity contribution < 1.29 is 26.7 Å². The fourth-order valence-corrected chi connectivity index (χ4v) is 4.14. The number of anilines is 1. The Morgan fingerprint density at radius 1 is 1.00 bits per heavy atom. The molecule has 0 bridgehead atoms. The largest absolute Gasteiger partial charge is 0.438 e. The van der Waals surface area contributed by atoms with Gasteiger partial charge in [0, 0.05) is 23.2 Å². The van der Waals surface area contributed by atoms with Crippen LogP contribution in [0.4, 0.5) is 27.6 Å². The van der Waals surface area contributed by atoms with Crippen molar-refractivity contribution >= 4 is 5.69 Å². The zero-order valence-corrected chi connectivity index (χ0v) is 17.2. The van der Waals surface area contributed by atoms with Crippen LogP contribution in [0, 0.1) is 17.0 Å². The number of aromatic nitrogens is 2. The van der Waals surface area contributed by atoms with E-state index in [4.69, 9.17) is 15.9 Å². The van der Waals surface area contributed by atoms with Crippen LogP contribution in [-0.4, -0.2) is 9.97 Å². The molecule has 3 aromatic carbocycles. The van der Waals surface area contributed by atoms with Crippen molar-refractivity contribution in [2.75, 3.05) is 5.73 Å². The molecule has 0 radical (unpaired) electrons. The molecule has 1 atom stereocenters. The third-order valence-corrected chi connectivity index (χ3v) is 5.64. The van der Waals surface area contributed by atoms with Gasteiger partial charge in [-0.05, 0) is 35.4 Å². The SMILES string of the molecule is N=c1[nH]cnc2c1C(c1cccc(N)c1)c1c(cc(F)c(-c3ccc(C(F)(F)F)cc3)c1F)O2. The van der Waals surface area contributed by atoms with Crippen molar-refractivity contribution in [3.05, 3.63) is 100 Å². The minimum atomic E-state index is -4.59. The lowest BCUT2D eigenvalue weighted by atomic mass is 9.82. The first kappa shape index (κ1) is 21.6. The number of H-pyrrole nitrogens is 1. The summed E-state index contributed by atoms with van der Waals surface area (Å²) in [5.74, 6) is -3.11. The summed E-state index contributed by atoms with van der Waals surface area (Å²) in [6.07, 6.45) is -3.36. The van der Waals surface area contributed by atoms with E-state index >= 15 is 8.78 Å². The Balaban J connectivity index is 1.76. The number of nitrogens with one attached hydrogen (secondary N) is 2. The van der Waals surface area contributed by atoms with Gasteiger partial charge in [-0.3, -0.25) is 5.41 Å². The Hall–Kier alpha value is -4.21. The molecule has 1 aliphatic rings. The van der Waals surface area contributed by atoms with Gasteiger partial charge in [0.15, 0.2) is 0 Å². The number of nitrogens with two attached hydrogens (primary N) is 1. The Kier molecular flexibility index (Phi) is 4.89. The second kappa shape index (κ2) is 7.68. The lowest BCUT2D eigenvalue weighted by molar-refractivity contribution is -0.137. The lowest BCUT2D eigenvalue weighted by Crippen LogP contribution is -2.25. The molecule has 1 aliphatic heterocycles. The molecular formula is C24H15F5N4O. The second-order valence-corrected chi connectivity index (χ2v) is 7.74. The van der Waals surface area contributed by atoms with Gasteiger partial charge in [0.2, 0.25) is 5.88 Å². The fraction of sp³-hybridized carbons (Fsp3) is 0.0833. The van der Waals surface area contributed by atoms with Crippen molar-refractivity contribution in [2.24, 2.45) is 0 Å². The molecule has 0 saturated heterocycles. The minimum absolute atomic E-state index is 0.00440. The Bertz CT molecular complexity index is 1480. The van der Waals surface area contributed by atoms with E-state index in [1.54, 1.807) is 24.3 Å². The molecule has 4 N–H and O–H groups in total. The number of halogens is 5. The summed E-state index contributed by atoms with van der Waals surface area (Å²) >= 11 is 0. The topological polar surface area (TPSA) is 87.8 Å². The third kappa shape index (κ3) is 3.47. The van der Waals surface area contributed by atoms with Crippen LogP contribution in [0.3, 0.4) is 0 Å². The van der Waals surface area contributed by atoms with Crippen molar-refractivity contribution in [2.45, 2.75) is 12.1 Å². The first-order chi connectivity index (χ1) is 16.1. The summed E-state index contributed by atoms with van der Waals surface area (Å²) < 4.78 is 75.6. The van der Waals surface area contributed by atoms with Crippen LogP contribution in [-0.2, 0) is 6.18 Å². The summed E-state index contributed by atoms with van der Waals surface area (Å²) in [4.78, 5) is 6.71. The van der Waals surface area contributed by atoms with Crippen LogP contribution in [0.1, 0.15) is 28.2 Å². The molecule has 172 valence electrons. The fourth-order valence-electron chi connectivity index (χ4n) is 4.14. The molecule has 5 nitrogen and oxygen atoms in total. The van der Waals surface area contributed by atoms with Gasteiger partial charge in [-0.2, -0.15) is 13.2 Å². The maximum absolute atomic E-state index is 16.0. The van der Waals surface area contributed by atoms with Gasteiger partial charge in [0.05, 0.1) is 23.0 Å². The molecule has 1 aromatic heterocycles. The van der Waals surface area contributed by atoms with Gasteiger partial charge in [-0.25, -0.2) is 13.8 Å². The van der Waals surface area contributed by atoms with Gasteiger partial charge >= 0.3 is 6.18 Å². The van der Waals surface area contributed by atoms with E-state index in [1.165, 1.54) is 6.33 Å². The number of hydrogen-bond donors (Lipinski definition) is 3. The molecule has 0 amide bonds. The summed E-state index contributed by atoms with van der Waals surface area (Å²) in [7, 11) is 0. The van der Waals surface area contributed by atoms with Gasteiger partial charge in [0.25, 0.3) is 0 Å². The van der Waals surface area contributed by atoms with Gasteiger partial charge in [-0.1, -0.05) is 24.3 Å². The zero-order valence-electron chi connectivity index (χ0n) is 17.2. The van der Waals surface area contributed by atoms with Crippen molar-refractivity contribution in [3.8, 4) is 22.8 Å². The number of benzene rings is 3. The monoisotopic (exact) mass is 470 g/mol. The highest BCUT2D eigenvalue weighted by atomic mass is 19.4. The Labute approximate surface area is 189 Å². The van der Waals surface area contributed by atoms with Crippen LogP contribution in [0.25, 0.3) is 11.1 Å². The van der Waals surface area contributed by atoms with E-state index in [0.717, 1.165) is 30.3 Å². The molecular weight excluding hydrogens is 455 g/mol. The molecule has 4 aromatic rings. The third-order valence-electron chi connectivity index (χ3n) is 5.64. The highest BCUT2D eigenvalue weighted by Crippen LogP contribution is 2.49. The van der Waals surface area contributed by atoms with Gasteiger partial charge in [-0.15, -0.1) is 0 Å². The first-order valence-corrected chi connectivity index (χ1v) is 10.00. The summed E-state index contributed by atoms with van der Waals surface area (Å²) in [5.41, 5.74) is 5.33. The highest BCUT2D eigenvalue weighted by Gasteiger charge is 2.37. The molecule has 1 unspecified atom stereocenters. The van der Waals surface area contributed by atoms with Crippen LogP contribution in [0.5, 0.6) is 11.6 Å². The van der Waals surface area contributed by atoms with Crippen molar-refractivity contribution in [1.29, 1.82) is 5.41 Å². The summed E-state index contributed by atoms with van der Waals surface area (Å²) in [5, 5.41) is 8.33.